The number of piperazine rings is 2. The average molecular weight is 913 g/mol. The first-order chi connectivity index (χ1) is 32.6. The number of hydrogen-bond acceptors (Lipinski definition) is 12. The normalized spacial score (nSPS) is 22.3. The van der Waals surface area contributed by atoms with E-state index >= 15 is 0 Å². The van der Waals surface area contributed by atoms with E-state index in [4.69, 9.17) is 10.4 Å². The minimum Gasteiger partial charge on any atom is -0.395 e. The number of carbonyl (C=O) groups is 3. The molecule has 6 aliphatic rings. The number of imide groups is 1. The van der Waals surface area contributed by atoms with Crippen LogP contribution in [-0.2, 0) is 22.6 Å². The fraction of sp³-hybridized carbons (Fsp3) is 0.481. The van der Waals surface area contributed by atoms with Gasteiger partial charge in [-0.15, -0.1) is 0 Å². The van der Waals surface area contributed by atoms with Gasteiger partial charge in [-0.3, -0.25) is 29.5 Å². The van der Waals surface area contributed by atoms with E-state index in [9.17, 15) is 23.9 Å². The second kappa shape index (κ2) is 21.2. The summed E-state index contributed by atoms with van der Waals surface area (Å²) in [5.41, 5.74) is 7.50. The molecule has 0 radical (unpaired) electrons. The standard InChI is InChI=1S/C52H65FN10O4/c1-36(54)49(39-9-3-2-4-10-39)50-55-45(34-47(56-50)62-27-25-61(26-28-62)29-30-64)40-11-5-7-37(31-40)8-6-16-58-19-22-60(23-20-58)24-21-59-17-14-38(15-18-59)42-32-41(53)33-43-44(42)35-63(52(43)67)46-12-13-48(65)57-51(46)66/h2-5,7,9-11,31-34,38,46,54,56,64H,6,8,12-30,35H2,1H3,(H,57,65,66)/b50-49+,54-36?. The average Bonchev–Trinajstić information content (AvgIpc) is 3.66. The number of benzene rings is 3. The van der Waals surface area contributed by atoms with Crippen molar-refractivity contribution in [2.24, 2.45) is 4.99 Å². The fourth-order valence-corrected chi connectivity index (χ4v) is 10.8. The van der Waals surface area contributed by atoms with Gasteiger partial charge >= 0.3 is 0 Å². The number of fused-ring (bicyclic) bond motifs is 1. The molecule has 15 heteroatoms. The lowest BCUT2D eigenvalue weighted by molar-refractivity contribution is -0.136. The number of nitrogens with zero attached hydrogens (tertiary/aromatic N) is 7. The van der Waals surface area contributed by atoms with Crippen LogP contribution < -0.4 is 10.6 Å². The number of carbonyl (C=O) groups excluding carboxylic acids is 3. The number of piperidine rings is 2. The van der Waals surface area contributed by atoms with Crippen molar-refractivity contribution in [1.82, 2.24) is 40.0 Å². The molecule has 14 nitrogen and oxygen atoms in total. The van der Waals surface area contributed by atoms with Crippen LogP contribution in [0.4, 0.5) is 4.39 Å². The number of aryl methyl sites for hydroxylation is 1. The second-order valence-corrected chi connectivity index (χ2v) is 18.9. The number of likely N-dealkylation sites (tertiary alicyclic amines) is 1. The summed E-state index contributed by atoms with van der Waals surface area (Å²) in [5.74, 6) is 0.304. The van der Waals surface area contributed by atoms with Crippen LogP contribution in [0, 0.1) is 11.2 Å². The molecule has 0 bridgehead atoms. The van der Waals surface area contributed by atoms with E-state index in [1.807, 2.05) is 37.3 Å². The molecule has 0 saturated carbocycles. The molecule has 1 unspecified atom stereocenters. The van der Waals surface area contributed by atoms with E-state index < -0.39 is 17.8 Å². The number of nitrogens with one attached hydrogen (secondary N) is 3. The maximum absolute atomic E-state index is 14.9. The molecular formula is C52H65FN10O4. The highest BCUT2D eigenvalue weighted by Crippen LogP contribution is 2.38. The van der Waals surface area contributed by atoms with Gasteiger partial charge in [0.2, 0.25) is 11.8 Å². The van der Waals surface area contributed by atoms with Crippen LogP contribution in [0.25, 0.3) is 5.57 Å². The van der Waals surface area contributed by atoms with Gasteiger partial charge in [-0.05, 0) is 105 Å². The van der Waals surface area contributed by atoms with Crippen molar-refractivity contribution in [2.45, 2.75) is 64.0 Å². The number of aliphatic hydroxyl groups is 1. The van der Waals surface area contributed by atoms with Gasteiger partial charge in [-0.25, -0.2) is 9.38 Å². The van der Waals surface area contributed by atoms with Crippen molar-refractivity contribution in [3.63, 3.8) is 0 Å². The summed E-state index contributed by atoms with van der Waals surface area (Å²) in [5, 5.41) is 24.2. The van der Waals surface area contributed by atoms with E-state index in [2.05, 4.69) is 65.5 Å². The van der Waals surface area contributed by atoms with Crippen molar-refractivity contribution in [1.29, 1.82) is 5.41 Å². The molecule has 0 spiro atoms. The fourth-order valence-electron chi connectivity index (χ4n) is 10.8. The van der Waals surface area contributed by atoms with Gasteiger partial charge in [-0.1, -0.05) is 48.5 Å². The number of β-amino-alcohol motifs (C(OH)–C–C–N with tert-alkyl or cyclic N) is 1. The highest BCUT2D eigenvalue weighted by atomic mass is 19.1. The van der Waals surface area contributed by atoms with Gasteiger partial charge in [0, 0.05) is 113 Å². The zero-order valence-corrected chi connectivity index (χ0v) is 38.8. The van der Waals surface area contributed by atoms with E-state index in [0.29, 0.717) is 23.6 Å². The lowest BCUT2D eigenvalue weighted by atomic mass is 9.85. The first-order valence-corrected chi connectivity index (χ1v) is 24.3. The molecule has 4 N–H and O–H groups in total. The molecule has 0 aromatic heterocycles. The molecule has 4 fully saturated rings. The molecule has 6 heterocycles. The summed E-state index contributed by atoms with van der Waals surface area (Å²) in [6.07, 6.45) is 6.46. The molecule has 9 rings (SSSR count). The Balaban J connectivity index is 0.750. The molecular weight excluding hydrogens is 848 g/mol. The summed E-state index contributed by atoms with van der Waals surface area (Å²) in [6, 6.07) is 21.0. The van der Waals surface area contributed by atoms with E-state index in [1.54, 1.807) is 6.07 Å². The van der Waals surface area contributed by atoms with Crippen molar-refractivity contribution >= 4 is 34.7 Å². The van der Waals surface area contributed by atoms with E-state index in [-0.39, 0.29) is 43.7 Å². The number of rotatable bonds is 15. The quantitative estimate of drug-likeness (QED) is 0.129. The van der Waals surface area contributed by atoms with Crippen LogP contribution in [-0.4, -0.2) is 168 Å². The molecule has 67 heavy (non-hydrogen) atoms. The minimum atomic E-state index is -0.711. The SMILES string of the molecule is CC(=N)/C(=C1/N=C(c2cccc(CCCN3CCN(CCN4CCC(c5cc(F)cc6c5CN(C5CCC(=O)NC5=O)C6=O)CC4)CC3)c2)C=C(N2CCN(CCO)CC2)N1)c1ccccc1. The Bertz CT molecular complexity index is 2410. The third-order valence-corrected chi connectivity index (χ3v) is 14.6. The van der Waals surface area contributed by atoms with Crippen LogP contribution in [0.3, 0.4) is 0 Å². The van der Waals surface area contributed by atoms with Crippen LogP contribution >= 0.6 is 0 Å². The Morgan fingerprint density at radius 3 is 2.18 bits per heavy atom. The minimum absolute atomic E-state index is 0.153. The van der Waals surface area contributed by atoms with Crippen LogP contribution in [0.5, 0.6) is 0 Å². The molecule has 0 aliphatic carbocycles. The molecule has 3 aromatic rings. The van der Waals surface area contributed by atoms with Crippen molar-refractivity contribution in [3.05, 3.63) is 124 Å². The molecule has 3 aromatic carbocycles. The van der Waals surface area contributed by atoms with Crippen LogP contribution in [0.2, 0.25) is 0 Å². The lowest BCUT2D eigenvalue weighted by Crippen LogP contribution is -2.52. The van der Waals surface area contributed by atoms with Crippen molar-refractivity contribution < 1.29 is 23.9 Å². The maximum Gasteiger partial charge on any atom is 0.255 e. The number of allylic oxidation sites excluding steroid dienone is 2. The van der Waals surface area contributed by atoms with Gasteiger partial charge < -0.3 is 35.4 Å². The number of hydrogen-bond donors (Lipinski definition) is 4. The third-order valence-electron chi connectivity index (χ3n) is 14.6. The summed E-state index contributed by atoms with van der Waals surface area (Å²) < 4.78 is 14.9. The summed E-state index contributed by atoms with van der Waals surface area (Å²) in [6.45, 7) is 15.5. The molecule has 3 amide bonds. The Labute approximate surface area is 393 Å². The van der Waals surface area contributed by atoms with Gasteiger partial charge in [0.25, 0.3) is 5.91 Å². The summed E-state index contributed by atoms with van der Waals surface area (Å²) in [7, 11) is 0. The first-order valence-electron chi connectivity index (χ1n) is 24.3. The monoisotopic (exact) mass is 913 g/mol. The van der Waals surface area contributed by atoms with Crippen molar-refractivity contribution in [3.8, 4) is 0 Å². The molecule has 354 valence electrons. The van der Waals surface area contributed by atoms with Crippen LogP contribution in [0.15, 0.2) is 89.4 Å². The predicted octanol–water partition coefficient (Wildman–Crippen LogP) is 4.27. The Morgan fingerprint density at radius 1 is 0.791 bits per heavy atom. The second-order valence-electron chi connectivity index (χ2n) is 18.9. The topological polar surface area (TPSA) is 151 Å². The Hall–Kier alpha value is -5.58. The molecule has 1 atom stereocenters. The van der Waals surface area contributed by atoms with Crippen molar-refractivity contribution in [2.75, 3.05) is 98.2 Å². The highest BCUT2D eigenvalue weighted by molar-refractivity contribution is 6.23. The predicted molar refractivity (Wildman–Crippen MR) is 258 cm³/mol. The highest BCUT2D eigenvalue weighted by Gasteiger charge is 2.41. The smallest absolute Gasteiger partial charge is 0.255 e. The Morgan fingerprint density at radius 2 is 1.48 bits per heavy atom. The van der Waals surface area contributed by atoms with Crippen LogP contribution in [0.1, 0.15) is 83.1 Å². The van der Waals surface area contributed by atoms with Gasteiger partial charge in [-0.2, -0.15) is 0 Å². The third kappa shape index (κ3) is 10.9. The summed E-state index contributed by atoms with van der Waals surface area (Å²) in [4.78, 5) is 56.7. The van der Waals surface area contributed by atoms with Gasteiger partial charge in [0.1, 0.15) is 23.5 Å². The largest absolute Gasteiger partial charge is 0.395 e. The molecule has 4 saturated heterocycles. The number of amides is 3. The van der Waals surface area contributed by atoms with Gasteiger partial charge in [0.05, 0.1) is 12.3 Å². The first kappa shape index (κ1) is 46.5. The zero-order chi connectivity index (χ0) is 46.4. The number of aliphatic imine (C=N–C) groups is 1. The van der Waals surface area contributed by atoms with Gasteiger partial charge in [0.15, 0.2) is 0 Å². The number of halogens is 1. The van der Waals surface area contributed by atoms with E-state index in [1.165, 1.54) is 16.5 Å². The lowest BCUT2D eigenvalue weighted by Gasteiger charge is -2.38. The molecule has 6 aliphatic heterocycles. The Kier molecular flexibility index (Phi) is 14.7. The number of aliphatic hydroxyl groups excluding tert-OH is 1. The zero-order valence-electron chi connectivity index (χ0n) is 38.8. The van der Waals surface area contributed by atoms with E-state index in [0.717, 1.165) is 150 Å². The maximum atomic E-state index is 14.9. The summed E-state index contributed by atoms with van der Waals surface area (Å²) >= 11 is 0.